The number of rotatable bonds is 5. The van der Waals surface area contributed by atoms with Crippen molar-refractivity contribution in [2.75, 3.05) is 7.11 Å². The van der Waals surface area contributed by atoms with Crippen LogP contribution in [0, 0.1) is 0 Å². The van der Waals surface area contributed by atoms with Gasteiger partial charge in [0.15, 0.2) is 11.8 Å². The molecule has 1 unspecified atom stereocenters. The summed E-state index contributed by atoms with van der Waals surface area (Å²) in [5, 5.41) is 3.82. The number of carbonyl (C=O) groups is 3. The number of ether oxygens (including phenoxy) is 2. The minimum atomic E-state index is -1.52. The van der Waals surface area contributed by atoms with E-state index in [1.54, 1.807) is 54.6 Å². The summed E-state index contributed by atoms with van der Waals surface area (Å²) in [6.45, 7) is 0. The molecule has 1 N–H and O–H groups in total. The number of benzene rings is 3. The van der Waals surface area contributed by atoms with Crippen molar-refractivity contribution >= 4 is 28.6 Å². The molecule has 1 amide bonds. The van der Waals surface area contributed by atoms with Crippen molar-refractivity contribution in [3.8, 4) is 5.75 Å². The van der Waals surface area contributed by atoms with Crippen molar-refractivity contribution in [1.82, 2.24) is 5.32 Å². The molecule has 6 nitrogen and oxygen atoms in total. The average Bonchev–Trinajstić information content (AvgIpc) is 2.71. The Bertz CT molecular complexity index is 979. The number of carbonyl (C=O) groups excluding carboxylic acids is 3. The van der Waals surface area contributed by atoms with E-state index in [0.29, 0.717) is 10.9 Å². The smallest absolute Gasteiger partial charge is 0.413 e. The molecule has 0 radical (unpaired) electrons. The second-order valence-electron chi connectivity index (χ2n) is 5.69. The summed E-state index contributed by atoms with van der Waals surface area (Å²) < 4.78 is 9.79. The van der Waals surface area contributed by atoms with Crippen LogP contribution in [-0.4, -0.2) is 31.0 Å². The monoisotopic (exact) mass is 363 g/mol. The van der Waals surface area contributed by atoms with Gasteiger partial charge in [0.25, 0.3) is 0 Å². The Morgan fingerprint density at radius 1 is 0.852 bits per heavy atom. The number of esters is 1. The number of methoxy groups -OCH3 is 1. The second kappa shape index (κ2) is 8.14. The van der Waals surface area contributed by atoms with Crippen LogP contribution >= 0.6 is 0 Å². The van der Waals surface area contributed by atoms with Gasteiger partial charge in [-0.3, -0.25) is 4.79 Å². The molecule has 0 heterocycles. The lowest BCUT2D eigenvalue weighted by Gasteiger charge is -2.16. The number of amides is 1. The first-order valence-corrected chi connectivity index (χ1v) is 8.23. The zero-order valence-electron chi connectivity index (χ0n) is 14.5. The Kier molecular flexibility index (Phi) is 5.47. The molecule has 0 saturated carbocycles. The van der Waals surface area contributed by atoms with Gasteiger partial charge in [-0.15, -0.1) is 0 Å². The molecule has 6 heteroatoms. The Labute approximate surface area is 155 Å². The van der Waals surface area contributed by atoms with Gasteiger partial charge in [0.1, 0.15) is 5.75 Å². The van der Waals surface area contributed by atoms with E-state index >= 15 is 0 Å². The van der Waals surface area contributed by atoms with Gasteiger partial charge in [-0.1, -0.05) is 60.7 Å². The predicted octanol–water partition coefficient (Wildman–Crippen LogP) is 3.35. The molecule has 0 aliphatic heterocycles. The predicted molar refractivity (Wildman–Crippen MR) is 99.7 cm³/mol. The van der Waals surface area contributed by atoms with E-state index in [-0.39, 0.29) is 5.75 Å². The Balaban J connectivity index is 1.87. The molecule has 136 valence electrons. The van der Waals surface area contributed by atoms with E-state index in [0.717, 1.165) is 12.5 Å². The molecule has 0 fully saturated rings. The van der Waals surface area contributed by atoms with Crippen molar-refractivity contribution in [2.45, 2.75) is 6.04 Å². The van der Waals surface area contributed by atoms with Gasteiger partial charge in [-0.2, -0.15) is 0 Å². The standard InChI is InChI=1S/C21H17NO5/c1-26-20(24)18(22-21(25)27-15-10-3-2-4-11-15)19(23)17-13-7-9-14-8-5-6-12-16(14)17/h2-13,18H,1H3,(H,22,25). The maximum absolute atomic E-state index is 13.0. The Morgan fingerprint density at radius 3 is 2.26 bits per heavy atom. The van der Waals surface area contributed by atoms with Crippen LogP contribution in [0.5, 0.6) is 5.75 Å². The second-order valence-corrected chi connectivity index (χ2v) is 5.69. The van der Waals surface area contributed by atoms with Crippen LogP contribution in [0.1, 0.15) is 10.4 Å². The molecule has 3 aromatic carbocycles. The molecule has 0 spiro atoms. The van der Waals surface area contributed by atoms with Crippen molar-refractivity contribution in [2.24, 2.45) is 0 Å². The lowest BCUT2D eigenvalue weighted by Crippen LogP contribution is -2.48. The molecule has 0 aliphatic carbocycles. The molecule has 3 aromatic rings. The van der Waals surface area contributed by atoms with Crippen LogP contribution in [0.4, 0.5) is 4.79 Å². The zero-order valence-corrected chi connectivity index (χ0v) is 14.5. The van der Waals surface area contributed by atoms with Crippen LogP contribution in [-0.2, 0) is 9.53 Å². The fourth-order valence-corrected chi connectivity index (χ4v) is 2.69. The summed E-state index contributed by atoms with van der Waals surface area (Å²) in [4.78, 5) is 37.3. The highest BCUT2D eigenvalue weighted by Gasteiger charge is 2.31. The van der Waals surface area contributed by atoms with E-state index in [2.05, 4.69) is 10.1 Å². The minimum absolute atomic E-state index is 0.288. The van der Waals surface area contributed by atoms with Gasteiger partial charge in [0, 0.05) is 5.56 Å². The van der Waals surface area contributed by atoms with E-state index in [1.165, 1.54) is 0 Å². The number of hydrogen-bond donors (Lipinski definition) is 1. The van der Waals surface area contributed by atoms with E-state index in [4.69, 9.17) is 4.74 Å². The third kappa shape index (κ3) is 4.12. The molecule has 27 heavy (non-hydrogen) atoms. The molecule has 0 aromatic heterocycles. The van der Waals surface area contributed by atoms with Gasteiger partial charge < -0.3 is 14.8 Å². The fourth-order valence-electron chi connectivity index (χ4n) is 2.69. The van der Waals surface area contributed by atoms with Crippen LogP contribution in [0.3, 0.4) is 0 Å². The first-order chi connectivity index (χ1) is 13.1. The van der Waals surface area contributed by atoms with Gasteiger partial charge >= 0.3 is 12.1 Å². The fraction of sp³-hybridized carbons (Fsp3) is 0.0952. The van der Waals surface area contributed by atoms with Crippen LogP contribution in [0.25, 0.3) is 10.8 Å². The summed E-state index contributed by atoms with van der Waals surface area (Å²) in [7, 11) is 1.15. The molecular formula is C21H17NO5. The summed E-state index contributed by atoms with van der Waals surface area (Å²) in [6.07, 6.45) is -0.926. The lowest BCUT2D eigenvalue weighted by atomic mass is 9.97. The van der Waals surface area contributed by atoms with Gasteiger partial charge in [-0.25, -0.2) is 9.59 Å². The molecule has 0 bridgehead atoms. The quantitative estimate of drug-likeness (QED) is 0.427. The molecule has 0 saturated heterocycles. The van der Waals surface area contributed by atoms with Crippen LogP contribution in [0.15, 0.2) is 72.8 Å². The number of para-hydroxylation sites is 1. The highest BCUT2D eigenvalue weighted by molar-refractivity contribution is 6.18. The Hall–Kier alpha value is -3.67. The molecule has 1 atom stereocenters. The van der Waals surface area contributed by atoms with Crippen LogP contribution < -0.4 is 10.1 Å². The highest BCUT2D eigenvalue weighted by atomic mass is 16.6. The number of fused-ring (bicyclic) bond motifs is 1. The van der Waals surface area contributed by atoms with E-state index in [9.17, 15) is 14.4 Å². The molecular weight excluding hydrogens is 346 g/mol. The Morgan fingerprint density at radius 2 is 1.52 bits per heavy atom. The topological polar surface area (TPSA) is 81.7 Å². The summed E-state index contributed by atoms with van der Waals surface area (Å²) >= 11 is 0. The summed E-state index contributed by atoms with van der Waals surface area (Å²) in [6, 6.07) is 19.3. The largest absolute Gasteiger partial charge is 0.467 e. The highest BCUT2D eigenvalue weighted by Crippen LogP contribution is 2.20. The van der Waals surface area contributed by atoms with Gasteiger partial charge in [0.05, 0.1) is 7.11 Å². The minimum Gasteiger partial charge on any atom is -0.467 e. The zero-order chi connectivity index (χ0) is 19.2. The maximum atomic E-state index is 13.0. The number of Topliss-reactive ketones (excluding diaryl/α,β-unsaturated/α-hetero) is 1. The maximum Gasteiger partial charge on any atom is 0.413 e. The third-order valence-corrected chi connectivity index (χ3v) is 3.97. The van der Waals surface area contributed by atoms with Crippen molar-refractivity contribution in [3.05, 3.63) is 78.4 Å². The van der Waals surface area contributed by atoms with Crippen molar-refractivity contribution in [3.63, 3.8) is 0 Å². The van der Waals surface area contributed by atoms with E-state index in [1.807, 2.05) is 18.2 Å². The number of hydrogen-bond acceptors (Lipinski definition) is 5. The van der Waals surface area contributed by atoms with Crippen molar-refractivity contribution in [1.29, 1.82) is 0 Å². The third-order valence-electron chi connectivity index (χ3n) is 3.97. The van der Waals surface area contributed by atoms with Gasteiger partial charge in [-0.05, 0) is 22.9 Å². The lowest BCUT2D eigenvalue weighted by molar-refractivity contribution is -0.141. The van der Waals surface area contributed by atoms with Crippen molar-refractivity contribution < 1.29 is 23.9 Å². The first-order valence-electron chi connectivity index (χ1n) is 8.23. The van der Waals surface area contributed by atoms with Crippen LogP contribution in [0.2, 0.25) is 0 Å². The molecule has 0 aliphatic rings. The first kappa shape index (κ1) is 18.1. The molecule has 3 rings (SSSR count). The average molecular weight is 363 g/mol. The SMILES string of the molecule is COC(=O)C(NC(=O)Oc1ccccc1)C(=O)c1cccc2ccccc12. The number of nitrogens with one attached hydrogen (secondary N) is 1. The normalized spacial score (nSPS) is 11.4. The summed E-state index contributed by atoms with van der Waals surface area (Å²) in [5.74, 6) is -1.17. The van der Waals surface area contributed by atoms with E-state index < -0.39 is 23.9 Å². The summed E-state index contributed by atoms with van der Waals surface area (Å²) in [5.41, 5.74) is 0.309. The van der Waals surface area contributed by atoms with Gasteiger partial charge in [0.2, 0.25) is 0 Å². The number of ketones is 1.